The number of nitrogens with one attached hydrogen (secondary N) is 1. The number of carbonyl (C=O) groups is 1. The third-order valence-electron chi connectivity index (χ3n) is 4.20. The van der Waals surface area contributed by atoms with Crippen molar-refractivity contribution in [3.05, 3.63) is 29.8 Å². The van der Waals surface area contributed by atoms with Crippen LogP contribution in [0.25, 0.3) is 0 Å². The molecular weight excluding hydrogens is 254 g/mol. The zero-order chi connectivity index (χ0) is 14.6. The van der Waals surface area contributed by atoms with Gasteiger partial charge in [-0.15, -0.1) is 0 Å². The maximum absolute atomic E-state index is 11.6. The van der Waals surface area contributed by atoms with E-state index in [0.717, 1.165) is 18.4 Å². The number of hydrogen-bond acceptors (Lipinski definition) is 3. The van der Waals surface area contributed by atoms with Crippen LogP contribution < -0.4 is 5.32 Å². The maximum atomic E-state index is 11.6. The molecule has 0 heterocycles. The van der Waals surface area contributed by atoms with E-state index in [4.69, 9.17) is 0 Å². The number of rotatable bonds is 6. The van der Waals surface area contributed by atoms with E-state index in [1.165, 1.54) is 12.8 Å². The average Bonchev–Trinajstić information content (AvgIpc) is 2.90. The minimum Gasteiger partial charge on any atom is -0.508 e. The van der Waals surface area contributed by atoms with Crippen molar-refractivity contribution >= 4 is 5.97 Å². The Kier molecular flexibility index (Phi) is 4.65. The Morgan fingerprint density at radius 2 is 1.90 bits per heavy atom. The highest BCUT2D eigenvalue weighted by molar-refractivity contribution is 5.78. The van der Waals surface area contributed by atoms with Crippen molar-refractivity contribution in [3.63, 3.8) is 0 Å². The summed E-state index contributed by atoms with van der Waals surface area (Å²) in [5.41, 5.74) is 0.163. The minimum absolute atomic E-state index is 0.235. The van der Waals surface area contributed by atoms with Gasteiger partial charge in [0.25, 0.3) is 0 Å². The van der Waals surface area contributed by atoms with Gasteiger partial charge < -0.3 is 10.2 Å². The maximum Gasteiger partial charge on any atom is 0.323 e. The lowest BCUT2D eigenvalue weighted by atomic mass is 9.92. The Balaban J connectivity index is 1.97. The molecule has 0 saturated heterocycles. The van der Waals surface area contributed by atoms with Gasteiger partial charge in [-0.1, -0.05) is 25.0 Å². The van der Waals surface area contributed by atoms with E-state index in [1.54, 1.807) is 19.1 Å². The third-order valence-corrected chi connectivity index (χ3v) is 4.20. The van der Waals surface area contributed by atoms with Crippen LogP contribution >= 0.6 is 0 Å². The smallest absolute Gasteiger partial charge is 0.323 e. The van der Waals surface area contributed by atoms with Crippen molar-refractivity contribution < 1.29 is 15.0 Å². The lowest BCUT2D eigenvalue weighted by molar-refractivity contribution is -0.144. The zero-order valence-electron chi connectivity index (χ0n) is 11.9. The standard InChI is InChI=1S/C16H23NO3/c1-16(15(19)20,17-13-4-2-3-5-13)11-10-12-6-8-14(18)9-7-12/h6-9,13,17-18H,2-5,10-11H2,1H3,(H,19,20). The molecule has 110 valence electrons. The van der Waals surface area contributed by atoms with Crippen molar-refractivity contribution in [2.45, 2.75) is 57.0 Å². The Bertz CT molecular complexity index is 451. The highest BCUT2D eigenvalue weighted by atomic mass is 16.4. The Labute approximate surface area is 119 Å². The van der Waals surface area contributed by atoms with Gasteiger partial charge in [-0.05, 0) is 50.3 Å². The predicted octanol–water partition coefficient (Wildman–Crippen LogP) is 2.70. The molecule has 20 heavy (non-hydrogen) atoms. The largest absolute Gasteiger partial charge is 0.508 e. The molecule has 1 fully saturated rings. The van der Waals surface area contributed by atoms with Crippen molar-refractivity contribution in [2.24, 2.45) is 0 Å². The number of aryl methyl sites for hydroxylation is 1. The molecule has 1 aromatic rings. The van der Waals surface area contributed by atoms with Crippen molar-refractivity contribution in [2.75, 3.05) is 0 Å². The molecule has 1 atom stereocenters. The molecule has 0 spiro atoms. The van der Waals surface area contributed by atoms with Crippen LogP contribution in [0.15, 0.2) is 24.3 Å². The molecule has 3 N–H and O–H groups in total. The number of phenolic OH excluding ortho intramolecular Hbond substituents is 1. The fourth-order valence-electron chi connectivity index (χ4n) is 2.82. The van der Waals surface area contributed by atoms with Gasteiger partial charge >= 0.3 is 5.97 Å². The highest BCUT2D eigenvalue weighted by Crippen LogP contribution is 2.23. The van der Waals surface area contributed by atoms with Crippen LogP contribution in [0, 0.1) is 0 Å². The van der Waals surface area contributed by atoms with E-state index < -0.39 is 11.5 Å². The number of aliphatic carboxylic acids is 1. The molecule has 1 aliphatic carbocycles. The van der Waals surface area contributed by atoms with Crippen LogP contribution in [-0.2, 0) is 11.2 Å². The van der Waals surface area contributed by atoms with Crippen LogP contribution in [0.1, 0.15) is 44.6 Å². The second-order valence-corrected chi connectivity index (χ2v) is 5.93. The SMILES string of the molecule is CC(CCc1ccc(O)cc1)(NC1CCCC1)C(=O)O. The quantitative estimate of drug-likeness (QED) is 0.747. The summed E-state index contributed by atoms with van der Waals surface area (Å²) >= 11 is 0. The minimum atomic E-state index is -0.882. The summed E-state index contributed by atoms with van der Waals surface area (Å²) in [4.78, 5) is 11.6. The van der Waals surface area contributed by atoms with Gasteiger partial charge in [-0.3, -0.25) is 10.1 Å². The van der Waals surface area contributed by atoms with Gasteiger partial charge in [0, 0.05) is 6.04 Å². The van der Waals surface area contributed by atoms with Gasteiger partial charge in [0.05, 0.1) is 0 Å². The van der Waals surface area contributed by atoms with Crippen LogP contribution in [0.4, 0.5) is 0 Å². The van der Waals surface area contributed by atoms with E-state index in [-0.39, 0.29) is 5.75 Å². The summed E-state index contributed by atoms with van der Waals surface area (Å²) in [6.07, 6.45) is 5.74. The van der Waals surface area contributed by atoms with Gasteiger partial charge in [-0.25, -0.2) is 0 Å². The van der Waals surface area contributed by atoms with Crippen LogP contribution in [-0.4, -0.2) is 27.8 Å². The molecule has 4 heteroatoms. The lowest BCUT2D eigenvalue weighted by Crippen LogP contribution is -2.53. The summed E-state index contributed by atoms with van der Waals surface area (Å²) in [5.74, 6) is -0.554. The first-order valence-electron chi connectivity index (χ1n) is 7.28. The summed E-state index contributed by atoms with van der Waals surface area (Å²) < 4.78 is 0. The van der Waals surface area contributed by atoms with Gasteiger partial charge in [-0.2, -0.15) is 0 Å². The molecule has 2 rings (SSSR count). The Morgan fingerprint density at radius 3 is 2.45 bits per heavy atom. The van der Waals surface area contributed by atoms with Crippen molar-refractivity contribution in [1.82, 2.24) is 5.32 Å². The number of hydrogen-bond donors (Lipinski definition) is 3. The summed E-state index contributed by atoms with van der Waals surface area (Å²) in [6, 6.07) is 7.28. The van der Waals surface area contributed by atoms with E-state index in [9.17, 15) is 15.0 Å². The van der Waals surface area contributed by atoms with Gasteiger partial charge in [0.15, 0.2) is 0 Å². The fraction of sp³-hybridized carbons (Fsp3) is 0.562. The zero-order valence-corrected chi connectivity index (χ0v) is 11.9. The van der Waals surface area contributed by atoms with E-state index in [1.807, 2.05) is 12.1 Å². The summed E-state index contributed by atoms with van der Waals surface area (Å²) in [7, 11) is 0. The first kappa shape index (κ1) is 14.9. The van der Waals surface area contributed by atoms with Crippen molar-refractivity contribution in [3.8, 4) is 5.75 Å². The van der Waals surface area contributed by atoms with Gasteiger partial charge in [0.1, 0.15) is 11.3 Å². The molecule has 0 bridgehead atoms. The highest BCUT2D eigenvalue weighted by Gasteiger charge is 2.35. The molecule has 1 aromatic carbocycles. The summed E-state index contributed by atoms with van der Waals surface area (Å²) in [5, 5.41) is 22.1. The molecule has 1 unspecified atom stereocenters. The molecule has 0 aromatic heterocycles. The van der Waals surface area contributed by atoms with Crippen molar-refractivity contribution in [1.29, 1.82) is 0 Å². The average molecular weight is 277 g/mol. The van der Waals surface area contributed by atoms with E-state index in [0.29, 0.717) is 18.9 Å². The number of benzene rings is 1. The molecule has 0 aliphatic heterocycles. The van der Waals surface area contributed by atoms with E-state index >= 15 is 0 Å². The second kappa shape index (κ2) is 6.27. The number of carboxylic acids is 1. The van der Waals surface area contributed by atoms with Crippen LogP contribution in [0.5, 0.6) is 5.75 Å². The molecule has 0 radical (unpaired) electrons. The number of phenols is 1. The molecular formula is C16H23NO3. The number of carboxylic acid groups (broad SMARTS) is 1. The molecule has 1 aliphatic rings. The van der Waals surface area contributed by atoms with Crippen LogP contribution in [0.2, 0.25) is 0 Å². The monoisotopic (exact) mass is 277 g/mol. The topological polar surface area (TPSA) is 69.6 Å². The fourth-order valence-corrected chi connectivity index (χ4v) is 2.82. The normalized spacial score (nSPS) is 18.9. The summed E-state index contributed by atoms with van der Waals surface area (Å²) in [6.45, 7) is 1.77. The van der Waals surface area contributed by atoms with E-state index in [2.05, 4.69) is 5.32 Å². The third kappa shape index (κ3) is 3.73. The Morgan fingerprint density at radius 1 is 1.30 bits per heavy atom. The Hall–Kier alpha value is -1.55. The number of aromatic hydroxyl groups is 1. The molecule has 0 amide bonds. The second-order valence-electron chi connectivity index (χ2n) is 5.93. The first-order valence-corrected chi connectivity index (χ1v) is 7.28. The molecule has 4 nitrogen and oxygen atoms in total. The molecule has 1 saturated carbocycles. The predicted molar refractivity (Wildman–Crippen MR) is 77.9 cm³/mol. The van der Waals surface area contributed by atoms with Crippen LogP contribution in [0.3, 0.4) is 0 Å². The van der Waals surface area contributed by atoms with Gasteiger partial charge in [0.2, 0.25) is 0 Å². The lowest BCUT2D eigenvalue weighted by Gasteiger charge is -2.30. The first-order chi connectivity index (χ1) is 9.49.